The third-order valence-corrected chi connectivity index (χ3v) is 3.61. The van der Waals surface area contributed by atoms with Crippen molar-refractivity contribution in [1.82, 2.24) is 4.98 Å². The number of nitrogens with zero attached hydrogens (tertiary/aromatic N) is 1. The second-order valence-electron chi connectivity index (χ2n) is 4.43. The first-order valence-electron chi connectivity index (χ1n) is 5.60. The van der Waals surface area contributed by atoms with Gasteiger partial charge in [0, 0.05) is 0 Å². The minimum Gasteiger partial charge on any atom is -0.469 e. The lowest BCUT2D eigenvalue weighted by atomic mass is 9.71. The van der Waals surface area contributed by atoms with E-state index in [-0.39, 0.29) is 28.3 Å². The maximum absolute atomic E-state index is 11.9. The second-order valence-corrected chi connectivity index (χ2v) is 5.21. The summed E-state index contributed by atoms with van der Waals surface area (Å²) in [5, 5.41) is 9.85. The number of halogens is 2. The highest BCUT2D eigenvalue weighted by molar-refractivity contribution is 6.32. The summed E-state index contributed by atoms with van der Waals surface area (Å²) in [7, 11) is 1.34. The van der Waals surface area contributed by atoms with Crippen LogP contribution >= 0.6 is 23.2 Å². The van der Waals surface area contributed by atoms with Crippen LogP contribution in [0.1, 0.15) is 24.3 Å². The Morgan fingerprint density at radius 1 is 1.44 bits per heavy atom. The Bertz CT molecular complexity index is 440. The molecule has 0 aromatic carbocycles. The number of pyridine rings is 1. The zero-order chi connectivity index (χ0) is 13.3. The molecule has 1 atom stereocenters. The van der Waals surface area contributed by atoms with E-state index in [1.807, 2.05) is 0 Å². The van der Waals surface area contributed by atoms with Gasteiger partial charge in [0.05, 0.1) is 19.1 Å². The molecule has 0 aliphatic heterocycles. The molecule has 1 N–H and O–H groups in total. The quantitative estimate of drug-likeness (QED) is 0.686. The average Bonchev–Trinajstić information content (AvgIpc) is 2.25. The van der Waals surface area contributed by atoms with Crippen molar-refractivity contribution in [1.29, 1.82) is 0 Å². The maximum atomic E-state index is 11.9. The number of hydrogen-bond donors (Lipinski definition) is 1. The molecule has 1 aromatic heterocycles. The normalized spacial score (nSPS) is 24.2. The van der Waals surface area contributed by atoms with Gasteiger partial charge in [0.1, 0.15) is 10.3 Å². The SMILES string of the molecule is COC(=O)C(c1cc(Cl)nc(Cl)c1)C1CC(O)C1. The van der Waals surface area contributed by atoms with Crippen molar-refractivity contribution in [2.75, 3.05) is 7.11 Å². The first-order chi connectivity index (χ1) is 8.51. The Labute approximate surface area is 115 Å². The number of aliphatic hydroxyl groups excluding tert-OH is 1. The zero-order valence-corrected chi connectivity index (χ0v) is 11.3. The molecule has 1 fully saturated rings. The van der Waals surface area contributed by atoms with Crippen LogP contribution in [-0.4, -0.2) is 29.3 Å². The Balaban J connectivity index is 2.30. The molecule has 1 saturated carbocycles. The molecule has 1 aliphatic carbocycles. The monoisotopic (exact) mass is 289 g/mol. The molecule has 0 saturated heterocycles. The van der Waals surface area contributed by atoms with E-state index in [0.29, 0.717) is 18.4 Å². The molecule has 0 radical (unpaired) electrons. The van der Waals surface area contributed by atoms with E-state index in [1.165, 1.54) is 7.11 Å². The molecule has 1 aromatic rings. The summed E-state index contributed by atoms with van der Waals surface area (Å²) in [5.74, 6) is -0.733. The summed E-state index contributed by atoms with van der Waals surface area (Å²) in [6, 6.07) is 3.22. The van der Waals surface area contributed by atoms with E-state index in [0.717, 1.165) is 0 Å². The average molecular weight is 290 g/mol. The first kappa shape index (κ1) is 13.6. The Morgan fingerprint density at radius 2 is 2.00 bits per heavy atom. The van der Waals surface area contributed by atoms with Crippen LogP contribution in [0.5, 0.6) is 0 Å². The molecule has 98 valence electrons. The summed E-state index contributed by atoms with van der Waals surface area (Å²) < 4.78 is 4.81. The molecular weight excluding hydrogens is 277 g/mol. The molecule has 6 heteroatoms. The van der Waals surface area contributed by atoms with Gasteiger partial charge in [0.25, 0.3) is 0 Å². The van der Waals surface area contributed by atoms with Crippen molar-refractivity contribution in [2.45, 2.75) is 24.9 Å². The molecule has 0 bridgehead atoms. The smallest absolute Gasteiger partial charge is 0.313 e. The number of carbonyl (C=O) groups excluding carboxylic acids is 1. The van der Waals surface area contributed by atoms with Gasteiger partial charge in [-0.2, -0.15) is 0 Å². The molecule has 2 rings (SSSR count). The minimum atomic E-state index is -0.448. The van der Waals surface area contributed by atoms with Crippen LogP contribution in [0.15, 0.2) is 12.1 Å². The molecule has 1 unspecified atom stereocenters. The summed E-state index contributed by atoms with van der Waals surface area (Å²) in [6.45, 7) is 0. The fourth-order valence-electron chi connectivity index (χ4n) is 2.29. The third-order valence-electron chi connectivity index (χ3n) is 3.22. The van der Waals surface area contributed by atoms with Crippen molar-refractivity contribution in [3.8, 4) is 0 Å². The Kier molecular flexibility index (Phi) is 4.10. The van der Waals surface area contributed by atoms with Crippen molar-refractivity contribution in [3.63, 3.8) is 0 Å². The van der Waals surface area contributed by atoms with Gasteiger partial charge in [-0.15, -0.1) is 0 Å². The molecule has 4 nitrogen and oxygen atoms in total. The summed E-state index contributed by atoms with van der Waals surface area (Å²) in [6.07, 6.45) is 0.823. The fraction of sp³-hybridized carbons (Fsp3) is 0.500. The van der Waals surface area contributed by atoms with Gasteiger partial charge < -0.3 is 9.84 Å². The molecule has 1 heterocycles. The van der Waals surface area contributed by atoms with Gasteiger partial charge in [-0.25, -0.2) is 4.98 Å². The lowest BCUT2D eigenvalue weighted by molar-refractivity contribution is -0.146. The number of carbonyl (C=O) groups is 1. The van der Waals surface area contributed by atoms with Crippen LogP contribution < -0.4 is 0 Å². The van der Waals surface area contributed by atoms with E-state index in [9.17, 15) is 9.90 Å². The van der Waals surface area contributed by atoms with Gasteiger partial charge in [0.2, 0.25) is 0 Å². The first-order valence-corrected chi connectivity index (χ1v) is 6.35. The van der Waals surface area contributed by atoms with Crippen LogP contribution in [0, 0.1) is 5.92 Å². The summed E-state index contributed by atoms with van der Waals surface area (Å²) in [4.78, 5) is 15.7. The summed E-state index contributed by atoms with van der Waals surface area (Å²) in [5.41, 5.74) is 0.684. The standard InChI is InChI=1S/C12H13Cl2NO3/c1-18-12(17)11(6-2-8(16)3-6)7-4-9(13)15-10(14)5-7/h4-6,8,11,16H,2-3H2,1H3. The van der Waals surface area contributed by atoms with E-state index in [1.54, 1.807) is 12.1 Å². The minimum absolute atomic E-state index is 0.0574. The largest absolute Gasteiger partial charge is 0.469 e. The fourth-order valence-corrected chi connectivity index (χ4v) is 2.77. The number of aromatic nitrogens is 1. The lowest BCUT2D eigenvalue weighted by Gasteiger charge is -2.36. The van der Waals surface area contributed by atoms with Gasteiger partial charge in [0.15, 0.2) is 0 Å². The number of esters is 1. The zero-order valence-electron chi connectivity index (χ0n) is 9.77. The second kappa shape index (κ2) is 5.43. The number of aliphatic hydroxyl groups is 1. The molecule has 0 amide bonds. The van der Waals surface area contributed by atoms with Gasteiger partial charge in [-0.1, -0.05) is 23.2 Å². The predicted octanol–water partition coefficient (Wildman–Crippen LogP) is 2.42. The Morgan fingerprint density at radius 3 is 2.44 bits per heavy atom. The maximum Gasteiger partial charge on any atom is 0.313 e. The van der Waals surface area contributed by atoms with Crippen molar-refractivity contribution < 1.29 is 14.6 Å². The predicted molar refractivity (Wildman–Crippen MR) is 67.7 cm³/mol. The van der Waals surface area contributed by atoms with Gasteiger partial charge >= 0.3 is 5.97 Å². The molecule has 18 heavy (non-hydrogen) atoms. The molecule has 0 spiro atoms. The van der Waals surface area contributed by atoms with E-state index >= 15 is 0 Å². The van der Waals surface area contributed by atoms with Gasteiger partial charge in [-0.3, -0.25) is 4.79 Å². The third kappa shape index (κ3) is 2.76. The van der Waals surface area contributed by atoms with Crippen LogP contribution in [-0.2, 0) is 9.53 Å². The number of rotatable bonds is 3. The molecule has 1 aliphatic rings. The number of methoxy groups -OCH3 is 1. The van der Waals surface area contributed by atoms with Crippen LogP contribution in [0.25, 0.3) is 0 Å². The Hall–Kier alpha value is -0.840. The topological polar surface area (TPSA) is 59.4 Å². The number of ether oxygens (including phenoxy) is 1. The molecular formula is C12H13Cl2NO3. The van der Waals surface area contributed by atoms with Crippen molar-refractivity contribution in [2.24, 2.45) is 5.92 Å². The number of hydrogen-bond acceptors (Lipinski definition) is 4. The van der Waals surface area contributed by atoms with Crippen molar-refractivity contribution >= 4 is 29.2 Å². The highest BCUT2D eigenvalue weighted by atomic mass is 35.5. The highest BCUT2D eigenvalue weighted by Gasteiger charge is 2.39. The van der Waals surface area contributed by atoms with E-state index < -0.39 is 5.92 Å². The van der Waals surface area contributed by atoms with Gasteiger partial charge in [-0.05, 0) is 36.5 Å². The van der Waals surface area contributed by atoms with Crippen LogP contribution in [0.3, 0.4) is 0 Å². The van der Waals surface area contributed by atoms with Crippen molar-refractivity contribution in [3.05, 3.63) is 28.0 Å². The lowest BCUT2D eigenvalue weighted by Crippen LogP contribution is -2.36. The highest BCUT2D eigenvalue weighted by Crippen LogP contribution is 2.41. The van der Waals surface area contributed by atoms with Crippen LogP contribution in [0.2, 0.25) is 10.3 Å². The summed E-state index contributed by atoms with van der Waals surface area (Å²) >= 11 is 11.7. The van der Waals surface area contributed by atoms with E-state index in [2.05, 4.69) is 4.98 Å². The van der Waals surface area contributed by atoms with Crippen LogP contribution in [0.4, 0.5) is 0 Å². The van der Waals surface area contributed by atoms with E-state index in [4.69, 9.17) is 27.9 Å².